The number of rotatable bonds is 2. The zero-order chi connectivity index (χ0) is 19.1. The molecule has 6 nitrogen and oxygen atoms in total. The standard InChI is InChI=1S/C22H24N4O2/c27-20-23-18(14-8-3-1-4-9-14)16-12-7-13-17-19(15-10-5-2-6-11-15)24-21(28)26-22(16,17)25-20/h1-6,8-11,16-19H,7,12-13H2,(H2,23,25,27)(H2,24,26,28). The van der Waals surface area contributed by atoms with Gasteiger partial charge in [0.2, 0.25) is 0 Å². The predicted octanol–water partition coefficient (Wildman–Crippen LogP) is 3.21. The van der Waals surface area contributed by atoms with Crippen LogP contribution in [0.2, 0.25) is 0 Å². The molecular formula is C22H24N4O2. The maximum atomic E-state index is 12.7. The third-order valence-corrected chi connectivity index (χ3v) is 6.54. The summed E-state index contributed by atoms with van der Waals surface area (Å²) in [5.41, 5.74) is 1.39. The van der Waals surface area contributed by atoms with Crippen molar-refractivity contribution in [2.75, 3.05) is 0 Å². The number of hydrogen-bond donors (Lipinski definition) is 4. The van der Waals surface area contributed by atoms with E-state index in [2.05, 4.69) is 21.3 Å². The van der Waals surface area contributed by atoms with Crippen molar-refractivity contribution in [2.24, 2.45) is 11.8 Å². The lowest BCUT2D eigenvalue weighted by atomic mass is 9.62. The second-order valence-corrected chi connectivity index (χ2v) is 7.99. The Bertz CT molecular complexity index is 812. The summed E-state index contributed by atoms with van der Waals surface area (Å²) in [6, 6.07) is 19.4. The summed E-state index contributed by atoms with van der Waals surface area (Å²) in [6.45, 7) is 0. The Hall–Kier alpha value is -3.02. The first-order valence-corrected chi connectivity index (χ1v) is 9.94. The van der Waals surface area contributed by atoms with E-state index >= 15 is 0 Å². The molecule has 4 N–H and O–H groups in total. The fourth-order valence-corrected chi connectivity index (χ4v) is 5.43. The quantitative estimate of drug-likeness (QED) is 0.649. The van der Waals surface area contributed by atoms with Gasteiger partial charge in [0.1, 0.15) is 5.66 Å². The number of urea groups is 2. The van der Waals surface area contributed by atoms with E-state index in [1.54, 1.807) is 0 Å². The molecule has 2 aromatic carbocycles. The first-order chi connectivity index (χ1) is 13.7. The lowest BCUT2D eigenvalue weighted by Gasteiger charge is -2.59. The summed E-state index contributed by atoms with van der Waals surface area (Å²) in [5, 5.41) is 12.5. The van der Waals surface area contributed by atoms with Crippen molar-refractivity contribution >= 4 is 12.1 Å². The zero-order valence-corrected chi connectivity index (χ0v) is 15.5. The van der Waals surface area contributed by atoms with Crippen molar-refractivity contribution in [1.29, 1.82) is 0 Å². The van der Waals surface area contributed by atoms with E-state index in [1.807, 2.05) is 60.7 Å². The maximum absolute atomic E-state index is 12.7. The molecule has 6 heteroatoms. The molecule has 2 heterocycles. The monoisotopic (exact) mass is 376 g/mol. The summed E-state index contributed by atoms with van der Waals surface area (Å²) in [7, 11) is 0. The molecule has 1 aliphatic carbocycles. The summed E-state index contributed by atoms with van der Waals surface area (Å²) in [4.78, 5) is 25.4. The molecule has 4 unspecified atom stereocenters. The van der Waals surface area contributed by atoms with E-state index in [-0.39, 0.29) is 36.0 Å². The van der Waals surface area contributed by atoms with Crippen LogP contribution in [0, 0.1) is 11.8 Å². The summed E-state index contributed by atoms with van der Waals surface area (Å²) in [6.07, 6.45) is 2.93. The molecule has 4 atom stereocenters. The van der Waals surface area contributed by atoms with Crippen LogP contribution in [0.5, 0.6) is 0 Å². The average molecular weight is 376 g/mol. The molecule has 2 saturated heterocycles. The van der Waals surface area contributed by atoms with Crippen LogP contribution >= 0.6 is 0 Å². The Morgan fingerprint density at radius 2 is 1.11 bits per heavy atom. The largest absolute Gasteiger partial charge is 0.331 e. The Morgan fingerprint density at radius 3 is 1.54 bits per heavy atom. The third-order valence-electron chi connectivity index (χ3n) is 6.54. The SMILES string of the molecule is O=C1NC(c2ccccc2)C2CCCC3C(c4ccccc4)NC(=O)NC23N1. The minimum Gasteiger partial charge on any atom is -0.331 e. The molecule has 2 aliphatic heterocycles. The second kappa shape index (κ2) is 6.55. The minimum atomic E-state index is -0.760. The van der Waals surface area contributed by atoms with Gasteiger partial charge in [0.05, 0.1) is 12.1 Å². The fourth-order valence-electron chi connectivity index (χ4n) is 5.43. The zero-order valence-electron chi connectivity index (χ0n) is 15.5. The van der Waals surface area contributed by atoms with Crippen molar-refractivity contribution < 1.29 is 9.59 Å². The van der Waals surface area contributed by atoms with Crippen molar-refractivity contribution in [3.05, 3.63) is 71.8 Å². The van der Waals surface area contributed by atoms with E-state index in [0.29, 0.717) is 0 Å². The van der Waals surface area contributed by atoms with Crippen LogP contribution in [-0.2, 0) is 0 Å². The molecule has 4 amide bonds. The van der Waals surface area contributed by atoms with Gasteiger partial charge in [0.25, 0.3) is 0 Å². The number of benzene rings is 2. The molecule has 0 aromatic heterocycles. The number of carbonyl (C=O) groups excluding carboxylic acids is 2. The first kappa shape index (κ1) is 17.1. The molecule has 5 rings (SSSR count). The number of nitrogens with one attached hydrogen (secondary N) is 4. The van der Waals surface area contributed by atoms with Gasteiger partial charge in [-0.2, -0.15) is 0 Å². The van der Waals surface area contributed by atoms with Gasteiger partial charge in [-0.15, -0.1) is 0 Å². The lowest BCUT2D eigenvalue weighted by Crippen LogP contribution is -2.80. The number of hydrogen-bond acceptors (Lipinski definition) is 2. The van der Waals surface area contributed by atoms with Crippen molar-refractivity contribution in [1.82, 2.24) is 21.3 Å². The molecule has 2 aromatic rings. The van der Waals surface area contributed by atoms with Crippen LogP contribution in [0.3, 0.4) is 0 Å². The molecule has 144 valence electrons. The van der Waals surface area contributed by atoms with Crippen LogP contribution in [0.25, 0.3) is 0 Å². The minimum absolute atomic E-state index is 0.0728. The highest BCUT2D eigenvalue weighted by Gasteiger charge is 2.60. The van der Waals surface area contributed by atoms with Crippen molar-refractivity contribution in [3.63, 3.8) is 0 Å². The Kier molecular flexibility index (Phi) is 4.00. The molecule has 0 radical (unpaired) electrons. The van der Waals surface area contributed by atoms with Gasteiger partial charge in [0, 0.05) is 11.8 Å². The van der Waals surface area contributed by atoms with Gasteiger partial charge >= 0.3 is 12.1 Å². The van der Waals surface area contributed by atoms with Crippen molar-refractivity contribution in [2.45, 2.75) is 37.0 Å². The van der Waals surface area contributed by atoms with Crippen LogP contribution in [0.15, 0.2) is 60.7 Å². The molecule has 28 heavy (non-hydrogen) atoms. The van der Waals surface area contributed by atoms with Gasteiger partial charge in [-0.1, -0.05) is 67.1 Å². The van der Waals surface area contributed by atoms with E-state index in [9.17, 15) is 9.59 Å². The van der Waals surface area contributed by atoms with E-state index < -0.39 is 5.66 Å². The van der Waals surface area contributed by atoms with E-state index in [0.717, 1.165) is 30.4 Å². The summed E-state index contributed by atoms with van der Waals surface area (Å²) < 4.78 is 0. The average Bonchev–Trinajstić information content (AvgIpc) is 2.72. The molecular weight excluding hydrogens is 352 g/mol. The third kappa shape index (κ3) is 2.63. The normalized spacial score (nSPS) is 34.0. The summed E-state index contributed by atoms with van der Waals surface area (Å²) >= 11 is 0. The lowest BCUT2D eigenvalue weighted by molar-refractivity contribution is -0.0123. The van der Waals surface area contributed by atoms with Gasteiger partial charge < -0.3 is 21.3 Å². The van der Waals surface area contributed by atoms with E-state index in [1.165, 1.54) is 0 Å². The van der Waals surface area contributed by atoms with Crippen molar-refractivity contribution in [3.8, 4) is 0 Å². The molecule has 0 bridgehead atoms. The maximum Gasteiger partial charge on any atom is 0.317 e. The van der Waals surface area contributed by atoms with Gasteiger partial charge in [-0.25, -0.2) is 9.59 Å². The molecule has 1 saturated carbocycles. The van der Waals surface area contributed by atoms with Crippen LogP contribution in [-0.4, -0.2) is 17.7 Å². The van der Waals surface area contributed by atoms with Gasteiger partial charge in [-0.3, -0.25) is 0 Å². The van der Waals surface area contributed by atoms with Crippen LogP contribution in [0.1, 0.15) is 42.5 Å². The highest BCUT2D eigenvalue weighted by Crippen LogP contribution is 2.50. The second-order valence-electron chi connectivity index (χ2n) is 7.99. The van der Waals surface area contributed by atoms with Crippen LogP contribution < -0.4 is 21.3 Å². The topological polar surface area (TPSA) is 82.3 Å². The van der Waals surface area contributed by atoms with Gasteiger partial charge in [-0.05, 0) is 24.0 Å². The molecule has 3 fully saturated rings. The Morgan fingerprint density at radius 1 is 0.679 bits per heavy atom. The smallest absolute Gasteiger partial charge is 0.317 e. The fraction of sp³-hybridized carbons (Fsp3) is 0.364. The first-order valence-electron chi connectivity index (χ1n) is 9.94. The highest BCUT2D eigenvalue weighted by atomic mass is 16.2. The number of amides is 4. The number of carbonyl (C=O) groups is 2. The Labute approximate surface area is 164 Å². The van der Waals surface area contributed by atoms with E-state index in [4.69, 9.17) is 0 Å². The van der Waals surface area contributed by atoms with Crippen LogP contribution in [0.4, 0.5) is 9.59 Å². The summed E-state index contributed by atoms with van der Waals surface area (Å²) in [5.74, 6) is 0.146. The predicted molar refractivity (Wildman–Crippen MR) is 105 cm³/mol. The highest BCUT2D eigenvalue weighted by molar-refractivity contribution is 5.81. The molecule has 1 spiro atoms. The molecule has 3 aliphatic rings. The Balaban J connectivity index is 1.59. The van der Waals surface area contributed by atoms with Gasteiger partial charge in [0.15, 0.2) is 0 Å².